The van der Waals surface area contributed by atoms with E-state index in [1.165, 1.54) is 21.5 Å². The number of rotatable bonds is 6. The molecule has 0 aliphatic heterocycles. The van der Waals surface area contributed by atoms with Crippen molar-refractivity contribution in [1.82, 2.24) is 19.9 Å². The van der Waals surface area contributed by atoms with Gasteiger partial charge in [0.05, 0.1) is 17.6 Å². The molecule has 8 aromatic carbocycles. The molecule has 0 aliphatic carbocycles. The first-order chi connectivity index (χ1) is 29.2. The van der Waals surface area contributed by atoms with Crippen LogP contribution in [0.25, 0.3) is 99.6 Å². The molecule has 4 aromatic heterocycles. The van der Waals surface area contributed by atoms with Crippen LogP contribution in [0.2, 0.25) is 0 Å². The highest BCUT2D eigenvalue weighted by Gasteiger charge is 2.17. The monoisotopic (exact) mass is 757 g/mol. The lowest BCUT2D eigenvalue weighted by atomic mass is 9.98. The van der Waals surface area contributed by atoms with E-state index in [-0.39, 0.29) is 0 Å². The second-order valence-corrected chi connectivity index (χ2v) is 14.7. The highest BCUT2D eigenvalue weighted by molar-refractivity contribution is 6.09. The summed E-state index contributed by atoms with van der Waals surface area (Å²) in [6.45, 7) is 0. The number of para-hydroxylation sites is 3. The first-order valence-electron chi connectivity index (χ1n) is 19.5. The Hall–Kier alpha value is -8.16. The molecule has 0 N–H and O–H groups in total. The molecule has 0 spiro atoms. The van der Waals surface area contributed by atoms with Gasteiger partial charge in [-0.2, -0.15) is 0 Å². The molecule has 0 radical (unpaired) electrons. The SMILES string of the molecule is c1ccc2cc(-c3ccc4c(ccc5cc(N(c6ccc(-c7cnc8c(n7)oc7ccccc78)cc6)c6ccc(-c7nc8ccccc8o7)cc6)ccc54)c3)ncc2c1. The van der Waals surface area contributed by atoms with Crippen LogP contribution >= 0.6 is 0 Å². The summed E-state index contributed by atoms with van der Waals surface area (Å²) in [4.78, 5) is 21.4. The van der Waals surface area contributed by atoms with Crippen molar-refractivity contribution in [1.29, 1.82) is 0 Å². The molecule has 0 bridgehead atoms. The molecule has 0 amide bonds. The average Bonchev–Trinajstić information content (AvgIpc) is 3.91. The van der Waals surface area contributed by atoms with E-state index in [9.17, 15) is 0 Å². The van der Waals surface area contributed by atoms with Crippen molar-refractivity contribution in [2.75, 3.05) is 4.90 Å². The smallest absolute Gasteiger partial charge is 0.246 e. The number of aromatic nitrogens is 4. The third-order valence-corrected chi connectivity index (χ3v) is 11.2. The van der Waals surface area contributed by atoms with E-state index >= 15 is 0 Å². The summed E-state index contributed by atoms with van der Waals surface area (Å²) in [6, 6.07) is 60.8. The number of benzene rings is 8. The molecular weight excluding hydrogens is 727 g/mol. The zero-order valence-corrected chi connectivity index (χ0v) is 31.5. The van der Waals surface area contributed by atoms with Crippen LogP contribution in [0.1, 0.15) is 0 Å². The van der Waals surface area contributed by atoms with Gasteiger partial charge in [0.1, 0.15) is 16.6 Å². The number of nitrogens with zero attached hydrogens (tertiary/aromatic N) is 5. The Morgan fingerprint density at radius 2 is 1.05 bits per heavy atom. The molecule has 276 valence electrons. The normalized spacial score (nSPS) is 11.7. The number of pyridine rings is 1. The zero-order valence-electron chi connectivity index (χ0n) is 31.5. The number of furan rings is 1. The summed E-state index contributed by atoms with van der Waals surface area (Å²) in [5.74, 6) is 0.591. The first-order valence-corrected chi connectivity index (χ1v) is 19.5. The van der Waals surface area contributed by atoms with Crippen LogP contribution in [0.5, 0.6) is 0 Å². The lowest BCUT2D eigenvalue weighted by Gasteiger charge is -2.26. The molecule has 7 nitrogen and oxygen atoms in total. The Balaban J connectivity index is 0.929. The summed E-state index contributed by atoms with van der Waals surface area (Å²) in [5.41, 5.74) is 11.3. The third kappa shape index (κ3) is 5.67. The minimum absolute atomic E-state index is 0.527. The molecular formula is C52H31N5O2. The molecule has 0 atom stereocenters. The van der Waals surface area contributed by atoms with Crippen molar-refractivity contribution in [2.24, 2.45) is 0 Å². The van der Waals surface area contributed by atoms with Gasteiger partial charge in [-0.05, 0) is 112 Å². The second-order valence-electron chi connectivity index (χ2n) is 14.7. The van der Waals surface area contributed by atoms with Crippen LogP contribution < -0.4 is 4.90 Å². The van der Waals surface area contributed by atoms with E-state index in [0.29, 0.717) is 11.6 Å². The van der Waals surface area contributed by atoms with Gasteiger partial charge in [-0.25, -0.2) is 15.0 Å². The van der Waals surface area contributed by atoms with Crippen LogP contribution in [-0.4, -0.2) is 19.9 Å². The standard InChI is InChI=1S/C52H31N5O2/c1-2-8-38-30-53-46(29-34(38)7-1)37-19-25-42-35(27-37)13-14-36-28-41(24-26-43(36)42)57(40-22-17-33(18-23-40)51-55-45-10-4-6-12-49(45)59-51)39-20-15-32(16-21-39)47-31-54-50-44-9-3-5-11-48(44)58-52(50)56-47/h1-31H. The van der Waals surface area contributed by atoms with E-state index < -0.39 is 0 Å². The molecule has 0 unspecified atom stereocenters. The maximum Gasteiger partial charge on any atom is 0.246 e. The van der Waals surface area contributed by atoms with Gasteiger partial charge in [-0.15, -0.1) is 0 Å². The third-order valence-electron chi connectivity index (χ3n) is 11.2. The summed E-state index contributed by atoms with van der Waals surface area (Å²) in [7, 11) is 0. The van der Waals surface area contributed by atoms with Crippen LogP contribution in [0, 0.1) is 0 Å². The highest BCUT2D eigenvalue weighted by Crippen LogP contribution is 2.40. The van der Waals surface area contributed by atoms with Gasteiger partial charge in [0.15, 0.2) is 5.58 Å². The van der Waals surface area contributed by atoms with Crippen LogP contribution in [0.3, 0.4) is 0 Å². The molecule has 4 heterocycles. The van der Waals surface area contributed by atoms with Crippen molar-refractivity contribution in [3.05, 3.63) is 188 Å². The van der Waals surface area contributed by atoms with E-state index in [1.807, 2.05) is 67.0 Å². The fourth-order valence-corrected chi connectivity index (χ4v) is 8.20. The number of hydrogen-bond acceptors (Lipinski definition) is 7. The number of anilines is 3. The fourth-order valence-electron chi connectivity index (χ4n) is 8.20. The Bertz CT molecular complexity index is 3540. The second kappa shape index (κ2) is 13.2. The van der Waals surface area contributed by atoms with Gasteiger partial charge in [-0.1, -0.05) is 91.0 Å². The summed E-state index contributed by atoms with van der Waals surface area (Å²) >= 11 is 0. The first kappa shape index (κ1) is 33.0. The Kier molecular flexibility index (Phi) is 7.40. The molecule has 59 heavy (non-hydrogen) atoms. The van der Waals surface area contributed by atoms with Crippen LogP contribution in [-0.2, 0) is 0 Å². The Morgan fingerprint density at radius 1 is 0.390 bits per heavy atom. The predicted octanol–water partition coefficient (Wildman–Crippen LogP) is 13.8. The molecule has 0 saturated carbocycles. The minimum atomic E-state index is 0.527. The van der Waals surface area contributed by atoms with E-state index in [0.717, 1.165) is 83.5 Å². The number of hydrogen-bond donors (Lipinski definition) is 0. The lowest BCUT2D eigenvalue weighted by molar-refractivity contribution is 0.620. The van der Waals surface area contributed by atoms with Gasteiger partial charge in [0.2, 0.25) is 11.6 Å². The summed E-state index contributed by atoms with van der Waals surface area (Å²) in [5, 5.41) is 7.97. The molecule has 12 aromatic rings. The maximum atomic E-state index is 6.11. The van der Waals surface area contributed by atoms with Gasteiger partial charge in [0.25, 0.3) is 0 Å². The molecule has 0 saturated heterocycles. The maximum absolute atomic E-state index is 6.11. The highest BCUT2D eigenvalue weighted by atomic mass is 16.3. The molecule has 0 fully saturated rings. The lowest BCUT2D eigenvalue weighted by Crippen LogP contribution is -2.10. The van der Waals surface area contributed by atoms with Crippen molar-refractivity contribution in [3.63, 3.8) is 0 Å². The largest absolute Gasteiger partial charge is 0.436 e. The quantitative estimate of drug-likeness (QED) is 0.156. The molecule has 12 rings (SSSR count). The Labute approximate surface area is 337 Å². The predicted molar refractivity (Wildman–Crippen MR) is 238 cm³/mol. The van der Waals surface area contributed by atoms with Crippen molar-refractivity contribution < 1.29 is 8.83 Å². The number of oxazole rings is 1. The van der Waals surface area contributed by atoms with Crippen LogP contribution in [0.4, 0.5) is 17.1 Å². The van der Waals surface area contributed by atoms with E-state index in [4.69, 9.17) is 28.8 Å². The van der Waals surface area contributed by atoms with Crippen LogP contribution in [0.15, 0.2) is 197 Å². The van der Waals surface area contributed by atoms with Crippen molar-refractivity contribution in [3.8, 4) is 34.0 Å². The van der Waals surface area contributed by atoms with Crippen molar-refractivity contribution >= 4 is 82.7 Å². The fraction of sp³-hybridized carbons (Fsp3) is 0. The molecule has 0 aliphatic rings. The Morgan fingerprint density at radius 3 is 1.86 bits per heavy atom. The van der Waals surface area contributed by atoms with Gasteiger partial charge in [-0.3, -0.25) is 4.98 Å². The topological polar surface area (TPSA) is 81.1 Å². The van der Waals surface area contributed by atoms with E-state index in [1.54, 1.807) is 0 Å². The zero-order chi connectivity index (χ0) is 38.9. The van der Waals surface area contributed by atoms with Gasteiger partial charge >= 0.3 is 0 Å². The minimum Gasteiger partial charge on any atom is -0.436 e. The summed E-state index contributed by atoms with van der Waals surface area (Å²) < 4.78 is 12.2. The molecule has 7 heteroatoms. The summed E-state index contributed by atoms with van der Waals surface area (Å²) in [6.07, 6.45) is 3.77. The number of fused-ring (bicyclic) bond motifs is 8. The van der Waals surface area contributed by atoms with Gasteiger partial charge < -0.3 is 13.7 Å². The van der Waals surface area contributed by atoms with Crippen molar-refractivity contribution in [2.45, 2.75) is 0 Å². The van der Waals surface area contributed by atoms with Gasteiger partial charge in [0, 0.05) is 50.7 Å². The average molecular weight is 758 g/mol. The van der Waals surface area contributed by atoms with E-state index in [2.05, 4.69) is 126 Å².